The lowest BCUT2D eigenvalue weighted by Gasteiger charge is -2.25. The van der Waals surface area contributed by atoms with Crippen molar-refractivity contribution in [1.29, 1.82) is 0 Å². The fourth-order valence-corrected chi connectivity index (χ4v) is 8.04. The third-order valence-electron chi connectivity index (χ3n) is 11.4. The number of phosphoric ester groups is 1. The Morgan fingerprint density at radius 1 is 0.547 bits per heavy atom. The summed E-state index contributed by atoms with van der Waals surface area (Å²) in [5.74, 6) is -0.181. The Morgan fingerprint density at radius 2 is 0.938 bits per heavy atom. The number of carbonyl (C=O) groups excluding carboxylic acids is 1. The molecule has 0 aliphatic rings. The number of allylic oxidation sites excluding steroid dienone is 11. The van der Waals surface area contributed by atoms with Crippen LogP contribution in [-0.4, -0.2) is 73.4 Å². The molecule has 0 spiro atoms. The van der Waals surface area contributed by atoms with Crippen LogP contribution in [-0.2, 0) is 18.4 Å². The zero-order valence-corrected chi connectivity index (χ0v) is 43.1. The van der Waals surface area contributed by atoms with Crippen LogP contribution in [0.1, 0.15) is 219 Å². The highest BCUT2D eigenvalue weighted by atomic mass is 31.2. The largest absolute Gasteiger partial charge is 0.472 e. The molecule has 0 aromatic heterocycles. The predicted molar refractivity (Wildman–Crippen MR) is 276 cm³/mol. The number of aliphatic hydroxyl groups is 1. The monoisotopic (exact) mass is 918 g/mol. The molecule has 0 aromatic carbocycles. The molecule has 3 N–H and O–H groups in total. The first-order chi connectivity index (χ1) is 31.0. The maximum atomic E-state index is 12.9. The quantitative estimate of drug-likeness (QED) is 0.0243. The number of rotatable bonds is 47. The van der Waals surface area contributed by atoms with Gasteiger partial charge in [-0.15, -0.1) is 0 Å². The van der Waals surface area contributed by atoms with Crippen molar-refractivity contribution >= 4 is 13.7 Å². The van der Waals surface area contributed by atoms with Gasteiger partial charge in [0.2, 0.25) is 5.91 Å². The number of aliphatic hydroxyl groups excluding tert-OH is 1. The van der Waals surface area contributed by atoms with Gasteiger partial charge in [0.1, 0.15) is 13.2 Å². The lowest BCUT2D eigenvalue weighted by atomic mass is 10.0. The molecular weight excluding hydrogens is 816 g/mol. The topological polar surface area (TPSA) is 105 Å². The average Bonchev–Trinajstić information content (AvgIpc) is 3.25. The number of nitrogens with zero attached hydrogens (tertiary/aromatic N) is 1. The Morgan fingerprint density at radius 3 is 1.38 bits per heavy atom. The molecule has 0 fully saturated rings. The molecule has 0 saturated heterocycles. The van der Waals surface area contributed by atoms with Crippen molar-refractivity contribution in [2.75, 3.05) is 40.9 Å². The smallest absolute Gasteiger partial charge is 0.387 e. The zero-order valence-electron chi connectivity index (χ0n) is 42.3. The Hall–Kier alpha value is -2.06. The minimum Gasteiger partial charge on any atom is -0.387 e. The molecule has 0 aliphatic heterocycles. The van der Waals surface area contributed by atoms with Gasteiger partial charge in [-0.25, -0.2) is 4.57 Å². The lowest BCUT2D eigenvalue weighted by molar-refractivity contribution is -0.870. The minimum absolute atomic E-state index is 0.0592. The highest BCUT2D eigenvalue weighted by molar-refractivity contribution is 7.47. The minimum atomic E-state index is -4.34. The Kier molecular flexibility index (Phi) is 44.6. The van der Waals surface area contributed by atoms with E-state index in [0.717, 1.165) is 70.6 Å². The van der Waals surface area contributed by atoms with Crippen molar-refractivity contribution in [3.05, 3.63) is 72.9 Å². The van der Waals surface area contributed by atoms with Crippen molar-refractivity contribution in [3.63, 3.8) is 0 Å². The number of likely N-dealkylation sites (N-methyl/N-ethyl adjacent to an activating group) is 1. The molecule has 0 rings (SSSR count). The summed E-state index contributed by atoms with van der Waals surface area (Å²) in [6.45, 7) is 4.69. The van der Waals surface area contributed by atoms with Crippen LogP contribution in [0.4, 0.5) is 0 Å². The number of hydrogen-bond acceptors (Lipinski definition) is 5. The molecule has 0 bridgehead atoms. The van der Waals surface area contributed by atoms with E-state index < -0.39 is 20.0 Å². The molecule has 0 radical (unpaired) electrons. The number of nitrogens with one attached hydrogen (secondary N) is 1. The van der Waals surface area contributed by atoms with Crippen molar-refractivity contribution < 1.29 is 32.9 Å². The molecule has 1 amide bonds. The highest BCUT2D eigenvalue weighted by Gasteiger charge is 2.27. The third-order valence-corrected chi connectivity index (χ3v) is 12.4. The number of carbonyl (C=O) groups is 1. The average molecular weight is 918 g/mol. The lowest BCUT2D eigenvalue weighted by Crippen LogP contribution is -2.45. The first-order valence-corrected chi connectivity index (χ1v) is 27.8. The van der Waals surface area contributed by atoms with Gasteiger partial charge in [-0.3, -0.25) is 13.8 Å². The van der Waals surface area contributed by atoms with Gasteiger partial charge in [-0.05, 0) is 64.2 Å². The van der Waals surface area contributed by atoms with E-state index in [0.29, 0.717) is 17.4 Å². The van der Waals surface area contributed by atoms with E-state index in [4.69, 9.17) is 9.05 Å². The maximum Gasteiger partial charge on any atom is 0.472 e. The molecule has 3 atom stereocenters. The summed E-state index contributed by atoms with van der Waals surface area (Å²) < 4.78 is 23.6. The van der Waals surface area contributed by atoms with Gasteiger partial charge < -0.3 is 19.8 Å². The van der Waals surface area contributed by atoms with Crippen molar-refractivity contribution in [3.8, 4) is 0 Å². The van der Waals surface area contributed by atoms with E-state index in [-0.39, 0.29) is 19.1 Å². The first kappa shape index (κ1) is 61.9. The van der Waals surface area contributed by atoms with E-state index in [1.165, 1.54) is 128 Å². The van der Waals surface area contributed by atoms with Gasteiger partial charge in [0.25, 0.3) is 0 Å². The van der Waals surface area contributed by atoms with Crippen molar-refractivity contribution in [1.82, 2.24) is 5.32 Å². The second-order valence-corrected chi connectivity index (χ2v) is 20.3. The number of hydrogen-bond donors (Lipinski definition) is 3. The first-order valence-electron chi connectivity index (χ1n) is 26.3. The molecule has 372 valence electrons. The Labute approximate surface area is 395 Å². The summed E-state index contributed by atoms with van der Waals surface area (Å²) in [7, 11) is 1.57. The second-order valence-electron chi connectivity index (χ2n) is 18.9. The third kappa shape index (κ3) is 47.9. The number of phosphoric acid groups is 1. The zero-order chi connectivity index (χ0) is 47.1. The number of quaternary nitrogens is 1. The molecule has 0 heterocycles. The van der Waals surface area contributed by atoms with Gasteiger partial charge >= 0.3 is 7.82 Å². The Bertz CT molecular complexity index is 1270. The predicted octanol–water partition coefficient (Wildman–Crippen LogP) is 15.5. The van der Waals surface area contributed by atoms with Crippen LogP contribution in [0.25, 0.3) is 0 Å². The van der Waals surface area contributed by atoms with Crippen LogP contribution in [0.3, 0.4) is 0 Å². The molecule has 9 heteroatoms. The second kappa shape index (κ2) is 46.1. The van der Waals surface area contributed by atoms with Gasteiger partial charge in [0, 0.05) is 6.42 Å². The van der Waals surface area contributed by atoms with Crippen molar-refractivity contribution in [2.45, 2.75) is 231 Å². The summed E-state index contributed by atoms with van der Waals surface area (Å²) >= 11 is 0. The molecule has 0 aliphatic carbocycles. The van der Waals surface area contributed by atoms with Crippen LogP contribution in [0.15, 0.2) is 72.9 Å². The summed E-state index contributed by atoms with van der Waals surface area (Å²) in [4.78, 5) is 23.2. The molecule has 3 unspecified atom stereocenters. The van der Waals surface area contributed by atoms with Gasteiger partial charge in [0.15, 0.2) is 0 Å². The van der Waals surface area contributed by atoms with Crippen LogP contribution in [0.5, 0.6) is 0 Å². The number of unbranched alkanes of at least 4 members (excludes halogenated alkanes) is 24. The molecule has 64 heavy (non-hydrogen) atoms. The van der Waals surface area contributed by atoms with Crippen LogP contribution in [0, 0.1) is 0 Å². The summed E-state index contributed by atoms with van der Waals surface area (Å²) in [6.07, 6.45) is 62.7. The summed E-state index contributed by atoms with van der Waals surface area (Å²) in [5, 5.41) is 13.9. The van der Waals surface area contributed by atoms with E-state index >= 15 is 0 Å². The Balaban J connectivity index is 4.16. The van der Waals surface area contributed by atoms with E-state index in [2.05, 4.69) is 79.9 Å². The fraction of sp³-hybridized carbons (Fsp3) is 0.764. The summed E-state index contributed by atoms with van der Waals surface area (Å²) in [5.41, 5.74) is 0. The molecular formula is C55H102N2O6P+. The molecule has 0 saturated carbocycles. The van der Waals surface area contributed by atoms with Gasteiger partial charge in [-0.2, -0.15) is 0 Å². The maximum absolute atomic E-state index is 12.9. The van der Waals surface area contributed by atoms with Crippen molar-refractivity contribution in [2.24, 2.45) is 0 Å². The fourth-order valence-electron chi connectivity index (χ4n) is 7.30. The normalized spacial score (nSPS) is 14.7. The van der Waals surface area contributed by atoms with Crippen LogP contribution < -0.4 is 5.32 Å². The highest BCUT2D eigenvalue weighted by Crippen LogP contribution is 2.43. The molecule has 8 nitrogen and oxygen atoms in total. The number of amides is 1. The summed E-state index contributed by atoms with van der Waals surface area (Å²) in [6, 6.07) is -0.849. The van der Waals surface area contributed by atoms with Crippen LogP contribution in [0.2, 0.25) is 0 Å². The van der Waals surface area contributed by atoms with Gasteiger partial charge in [-0.1, -0.05) is 222 Å². The van der Waals surface area contributed by atoms with E-state index in [1.54, 1.807) is 6.08 Å². The SMILES string of the molecule is CC/C=C\C/C=C\C/C=C\C/C=C\C/C=C\CCCCCCCCCCCCCCCC(=O)NC(COP(=O)(O)OCC[N+](C)(C)C)C(O)/C=C/CCCCCCCCCCCCC. The molecule has 0 aromatic rings. The van der Waals surface area contributed by atoms with Gasteiger partial charge in [0.05, 0.1) is 39.9 Å². The van der Waals surface area contributed by atoms with Crippen LogP contribution >= 0.6 is 7.82 Å². The standard InChI is InChI=1S/C55H101N2O6P/c1-6-8-10-12-14-16-18-20-21-22-23-24-25-26-27-28-29-30-31-32-33-34-35-37-39-41-43-45-47-49-55(59)56-53(52-63-64(60,61)62-51-50-57(3,4)5)54(58)48-46-44-42-40-38-36-19-17-15-13-11-9-7-2/h8,10,14,16,20-21,23-24,26-27,46,48,53-54,58H,6-7,9,11-13,15,17-19,22,25,28-45,47,49-52H2,1-5H3,(H-,56,59,60,61)/p+1/b10-8-,16-14-,21-20-,24-23-,27-26-,48-46+. The van der Waals surface area contributed by atoms with E-state index in [9.17, 15) is 19.4 Å². The van der Waals surface area contributed by atoms with E-state index in [1.807, 2.05) is 27.2 Å².